The molecule has 0 saturated carbocycles. The van der Waals surface area contributed by atoms with Crippen molar-refractivity contribution in [1.82, 2.24) is 14.3 Å². The van der Waals surface area contributed by atoms with Crippen LogP contribution in [0.25, 0.3) is 16.9 Å². The van der Waals surface area contributed by atoms with E-state index in [1.165, 1.54) is 38.1 Å². The Hall–Kier alpha value is -4.38. The lowest BCUT2D eigenvalue weighted by atomic mass is 10.0. The number of pyridine rings is 1. The molecule has 0 N–H and O–H groups in total. The van der Waals surface area contributed by atoms with E-state index in [4.69, 9.17) is 0 Å². The topological polar surface area (TPSA) is 95.5 Å². The van der Waals surface area contributed by atoms with Crippen LogP contribution < -0.4 is 0 Å². The summed E-state index contributed by atoms with van der Waals surface area (Å²) in [5, 5.41) is 9.18. The van der Waals surface area contributed by atoms with Crippen LogP contribution in [-0.4, -0.2) is 46.7 Å². The second-order valence-corrected chi connectivity index (χ2v) is 12.2. The number of rotatable bonds is 9. The average molecular weight is 639 g/mol. The van der Waals surface area contributed by atoms with Crippen LogP contribution >= 0.6 is 0 Å². The number of imidazole rings is 1. The molecular formula is C30H28F6N4O3S. The molecule has 0 spiro atoms. The molecule has 1 atom stereocenters. The maximum atomic E-state index is 14.9. The summed E-state index contributed by atoms with van der Waals surface area (Å²) in [7, 11) is -3.63. The Kier molecular flexibility index (Phi) is 10.1. The zero-order valence-corrected chi connectivity index (χ0v) is 23.6. The Balaban J connectivity index is 0.00000529. The summed E-state index contributed by atoms with van der Waals surface area (Å²) in [6, 6.07) is 9.50. The van der Waals surface area contributed by atoms with Gasteiger partial charge in [0.25, 0.3) is 0 Å². The first-order chi connectivity index (χ1) is 20.1. The molecule has 1 amide bonds. The fourth-order valence-electron chi connectivity index (χ4n) is 4.61. The van der Waals surface area contributed by atoms with E-state index in [9.17, 15) is 44.8 Å². The van der Waals surface area contributed by atoms with Crippen molar-refractivity contribution in [1.29, 1.82) is 5.26 Å². The SMILES string of the molecule is C.CCS(=O)(=O)CCN(C(=O)Cc1ccc(F)c(C(F)(F)F)c1)[C@H](C)c1nc2c(F)cc(F)cn2c1-c1ccc(C#N)cc1. The number of fused-ring (bicyclic) bond motifs is 1. The third-order valence-electron chi connectivity index (χ3n) is 6.91. The molecule has 2 aromatic heterocycles. The average Bonchev–Trinajstić information content (AvgIpc) is 3.33. The molecule has 0 saturated heterocycles. The van der Waals surface area contributed by atoms with Gasteiger partial charge in [-0.2, -0.15) is 18.4 Å². The predicted octanol–water partition coefficient (Wildman–Crippen LogP) is 6.51. The maximum Gasteiger partial charge on any atom is 0.419 e. The number of halogens is 6. The zero-order chi connectivity index (χ0) is 31.7. The number of benzene rings is 2. The Morgan fingerprint density at radius 3 is 2.32 bits per heavy atom. The number of hydrogen-bond donors (Lipinski definition) is 0. The molecule has 0 bridgehead atoms. The monoisotopic (exact) mass is 638 g/mol. The number of alkyl halides is 3. The molecule has 0 radical (unpaired) electrons. The second kappa shape index (κ2) is 13.1. The molecule has 0 aliphatic carbocycles. The van der Waals surface area contributed by atoms with Crippen LogP contribution in [-0.2, 0) is 27.2 Å². The summed E-state index contributed by atoms with van der Waals surface area (Å²) in [6.45, 7) is 2.47. The zero-order valence-electron chi connectivity index (χ0n) is 22.8. The number of hydrogen-bond acceptors (Lipinski definition) is 5. The largest absolute Gasteiger partial charge is 0.419 e. The van der Waals surface area contributed by atoms with E-state index >= 15 is 0 Å². The molecule has 44 heavy (non-hydrogen) atoms. The molecule has 0 unspecified atom stereocenters. The van der Waals surface area contributed by atoms with E-state index in [1.807, 2.05) is 6.07 Å². The van der Waals surface area contributed by atoms with Crippen molar-refractivity contribution in [2.45, 2.75) is 39.9 Å². The minimum absolute atomic E-state index is 0. The van der Waals surface area contributed by atoms with Crippen LogP contribution in [0.4, 0.5) is 26.3 Å². The number of carbonyl (C=O) groups excluding carboxylic acids is 1. The fraction of sp³-hybridized carbons (Fsp3) is 0.300. The molecular weight excluding hydrogens is 610 g/mol. The van der Waals surface area contributed by atoms with E-state index in [0.29, 0.717) is 29.3 Å². The van der Waals surface area contributed by atoms with Gasteiger partial charge in [0.15, 0.2) is 21.3 Å². The first-order valence-corrected chi connectivity index (χ1v) is 14.7. The van der Waals surface area contributed by atoms with Crippen molar-refractivity contribution in [2.75, 3.05) is 18.1 Å². The second-order valence-electron chi connectivity index (χ2n) is 9.72. The van der Waals surface area contributed by atoms with E-state index in [1.54, 1.807) is 0 Å². The number of aromatic nitrogens is 2. The third-order valence-corrected chi connectivity index (χ3v) is 8.60. The van der Waals surface area contributed by atoms with Gasteiger partial charge in [-0.05, 0) is 36.8 Å². The highest BCUT2D eigenvalue weighted by atomic mass is 32.2. The van der Waals surface area contributed by atoms with Crippen molar-refractivity contribution in [3.05, 3.63) is 94.6 Å². The van der Waals surface area contributed by atoms with Gasteiger partial charge in [-0.25, -0.2) is 26.6 Å². The van der Waals surface area contributed by atoms with Crippen molar-refractivity contribution >= 4 is 21.4 Å². The molecule has 2 heterocycles. The number of sulfone groups is 1. The van der Waals surface area contributed by atoms with E-state index in [2.05, 4.69) is 4.98 Å². The van der Waals surface area contributed by atoms with Crippen LogP contribution in [0.3, 0.4) is 0 Å². The minimum atomic E-state index is -5.02. The summed E-state index contributed by atoms with van der Waals surface area (Å²) >= 11 is 0. The number of amides is 1. The fourth-order valence-corrected chi connectivity index (χ4v) is 5.37. The van der Waals surface area contributed by atoms with Gasteiger partial charge < -0.3 is 4.90 Å². The number of carbonyl (C=O) groups is 1. The van der Waals surface area contributed by atoms with Crippen LogP contribution in [0.2, 0.25) is 0 Å². The maximum absolute atomic E-state index is 14.9. The van der Waals surface area contributed by atoms with Gasteiger partial charge in [-0.3, -0.25) is 9.20 Å². The smallest absolute Gasteiger partial charge is 0.333 e. The van der Waals surface area contributed by atoms with Gasteiger partial charge in [0.05, 0.1) is 46.8 Å². The van der Waals surface area contributed by atoms with Crippen LogP contribution in [0.5, 0.6) is 0 Å². The normalized spacial score (nSPS) is 12.4. The molecule has 2 aromatic carbocycles. The molecule has 7 nitrogen and oxygen atoms in total. The number of nitrogens with zero attached hydrogens (tertiary/aromatic N) is 4. The van der Waals surface area contributed by atoms with Crippen molar-refractivity contribution in [2.24, 2.45) is 0 Å². The predicted molar refractivity (Wildman–Crippen MR) is 152 cm³/mol. The minimum Gasteiger partial charge on any atom is -0.333 e. The Morgan fingerprint density at radius 1 is 1.07 bits per heavy atom. The first-order valence-electron chi connectivity index (χ1n) is 12.9. The lowest BCUT2D eigenvalue weighted by Crippen LogP contribution is -2.38. The number of nitriles is 1. The molecule has 4 rings (SSSR count). The Bertz CT molecular complexity index is 1830. The Labute approximate surface area is 250 Å². The quantitative estimate of drug-likeness (QED) is 0.195. The van der Waals surface area contributed by atoms with Crippen molar-refractivity contribution < 1.29 is 39.6 Å². The van der Waals surface area contributed by atoms with Gasteiger partial charge in [-0.1, -0.05) is 32.5 Å². The molecule has 14 heteroatoms. The standard InChI is InChI=1S/C29H24F6N4O3S.CH4/c1-3-43(41,42)11-10-38(25(40)13-19-6-9-23(31)22(12-19)29(33,34)35)17(2)26-27(20-7-4-18(15-36)5-8-20)39-16-21(30)14-24(32)28(39)37-26;/h4-9,12,14,16-17H,3,10-11,13H2,1-2H3;1H4/t17-;/m1./s1. The van der Waals surface area contributed by atoms with Crippen molar-refractivity contribution in [3.63, 3.8) is 0 Å². The van der Waals surface area contributed by atoms with Crippen molar-refractivity contribution in [3.8, 4) is 17.3 Å². The highest BCUT2D eigenvalue weighted by molar-refractivity contribution is 7.91. The molecule has 0 aliphatic heterocycles. The lowest BCUT2D eigenvalue weighted by molar-refractivity contribution is -0.140. The summed E-state index contributed by atoms with van der Waals surface area (Å²) < 4.78 is 109. The molecule has 0 fully saturated rings. The highest BCUT2D eigenvalue weighted by Crippen LogP contribution is 2.35. The van der Waals surface area contributed by atoms with Crippen LogP contribution in [0.1, 0.15) is 49.7 Å². The van der Waals surface area contributed by atoms with Crippen LogP contribution in [0.15, 0.2) is 54.7 Å². The molecule has 0 aliphatic rings. The van der Waals surface area contributed by atoms with E-state index in [0.717, 1.165) is 21.6 Å². The van der Waals surface area contributed by atoms with Gasteiger partial charge in [-0.15, -0.1) is 0 Å². The van der Waals surface area contributed by atoms with Crippen LogP contribution in [0, 0.1) is 28.8 Å². The summed E-state index contributed by atoms with van der Waals surface area (Å²) in [5.41, 5.74) is -1.21. The highest BCUT2D eigenvalue weighted by Gasteiger charge is 2.35. The van der Waals surface area contributed by atoms with E-state index in [-0.39, 0.29) is 35.8 Å². The Morgan fingerprint density at radius 2 is 1.73 bits per heavy atom. The van der Waals surface area contributed by atoms with Gasteiger partial charge in [0.2, 0.25) is 5.91 Å². The van der Waals surface area contributed by atoms with Gasteiger partial charge in [0, 0.05) is 30.1 Å². The lowest BCUT2D eigenvalue weighted by Gasteiger charge is -2.29. The summed E-state index contributed by atoms with van der Waals surface area (Å²) in [4.78, 5) is 19.0. The molecule has 4 aromatic rings. The summed E-state index contributed by atoms with van der Waals surface area (Å²) in [6.07, 6.45) is -4.69. The van der Waals surface area contributed by atoms with Gasteiger partial charge >= 0.3 is 6.18 Å². The van der Waals surface area contributed by atoms with E-state index < -0.39 is 69.7 Å². The first kappa shape index (κ1) is 34.1. The van der Waals surface area contributed by atoms with Gasteiger partial charge in [0.1, 0.15) is 11.6 Å². The molecule has 234 valence electrons. The third kappa shape index (κ3) is 7.21. The summed E-state index contributed by atoms with van der Waals surface area (Å²) in [5.74, 6) is -5.03.